The van der Waals surface area contributed by atoms with Gasteiger partial charge in [0.1, 0.15) is 5.76 Å². The molecule has 0 aliphatic rings. The normalized spacial score (nSPS) is 12.4. The molecule has 2 aromatic rings. The molecule has 0 aliphatic heterocycles. The van der Waals surface area contributed by atoms with E-state index in [0.717, 1.165) is 5.56 Å². The average molecular weight is 314 g/mol. The first kappa shape index (κ1) is 14.9. The van der Waals surface area contributed by atoms with Gasteiger partial charge >= 0.3 is 5.97 Å². The molecular formula is C14H13Cl2NO3. The molecule has 0 fully saturated rings. The minimum absolute atomic E-state index is 0.276. The van der Waals surface area contributed by atoms with Gasteiger partial charge in [-0.1, -0.05) is 34.4 Å². The quantitative estimate of drug-likeness (QED) is 0.926. The largest absolute Gasteiger partial charge is 0.481 e. The van der Waals surface area contributed by atoms with Crippen molar-refractivity contribution in [1.82, 2.24) is 5.16 Å². The standard InChI is InChI=1S/C14H13Cl2NO3/c1-7-11(8(2)20-17-7)6-12(14(18)19)10-4-3-9(15)5-13(10)16/h3-5,12H,6H2,1-2H3,(H,18,19). The van der Waals surface area contributed by atoms with Crippen molar-refractivity contribution >= 4 is 29.2 Å². The molecule has 106 valence electrons. The average Bonchev–Trinajstić information content (AvgIpc) is 2.67. The van der Waals surface area contributed by atoms with Crippen molar-refractivity contribution in [3.05, 3.63) is 50.8 Å². The first-order valence-electron chi connectivity index (χ1n) is 5.99. The summed E-state index contributed by atoms with van der Waals surface area (Å²) in [6.07, 6.45) is 0.276. The Morgan fingerprint density at radius 2 is 2.10 bits per heavy atom. The van der Waals surface area contributed by atoms with Crippen molar-refractivity contribution in [3.8, 4) is 0 Å². The number of carboxylic acids is 1. The van der Waals surface area contributed by atoms with E-state index in [1.54, 1.807) is 32.0 Å². The third-order valence-electron chi connectivity index (χ3n) is 3.23. The van der Waals surface area contributed by atoms with Crippen LogP contribution in [-0.4, -0.2) is 16.2 Å². The van der Waals surface area contributed by atoms with E-state index in [2.05, 4.69) is 5.16 Å². The number of aromatic nitrogens is 1. The van der Waals surface area contributed by atoms with Crippen LogP contribution in [0.15, 0.2) is 22.7 Å². The summed E-state index contributed by atoms with van der Waals surface area (Å²) in [5.74, 6) is -1.09. The highest BCUT2D eigenvalue weighted by atomic mass is 35.5. The van der Waals surface area contributed by atoms with Gasteiger partial charge in [0, 0.05) is 15.6 Å². The molecule has 0 saturated heterocycles. The fourth-order valence-corrected chi connectivity index (χ4v) is 2.65. The Morgan fingerprint density at radius 3 is 2.60 bits per heavy atom. The first-order valence-corrected chi connectivity index (χ1v) is 6.75. The molecule has 1 aromatic carbocycles. The number of hydrogen-bond acceptors (Lipinski definition) is 3. The monoisotopic (exact) mass is 313 g/mol. The highest BCUT2D eigenvalue weighted by Crippen LogP contribution is 2.31. The smallest absolute Gasteiger partial charge is 0.311 e. The first-order chi connectivity index (χ1) is 9.40. The lowest BCUT2D eigenvalue weighted by Gasteiger charge is -2.14. The molecule has 0 aliphatic carbocycles. The highest BCUT2D eigenvalue weighted by Gasteiger charge is 2.25. The van der Waals surface area contributed by atoms with Crippen molar-refractivity contribution < 1.29 is 14.4 Å². The SMILES string of the molecule is Cc1noc(C)c1CC(C(=O)O)c1ccc(Cl)cc1Cl. The van der Waals surface area contributed by atoms with E-state index in [-0.39, 0.29) is 6.42 Å². The number of nitrogens with zero attached hydrogens (tertiary/aromatic N) is 1. The number of hydrogen-bond donors (Lipinski definition) is 1. The van der Waals surface area contributed by atoms with Gasteiger partial charge in [-0.15, -0.1) is 0 Å². The van der Waals surface area contributed by atoms with Crippen LogP contribution in [0.4, 0.5) is 0 Å². The van der Waals surface area contributed by atoms with Gasteiger partial charge < -0.3 is 9.63 Å². The maximum Gasteiger partial charge on any atom is 0.311 e. The Balaban J connectivity index is 2.40. The van der Waals surface area contributed by atoms with Crippen LogP contribution in [0, 0.1) is 13.8 Å². The number of rotatable bonds is 4. The molecule has 1 unspecified atom stereocenters. The lowest BCUT2D eigenvalue weighted by Crippen LogP contribution is -2.15. The lowest BCUT2D eigenvalue weighted by molar-refractivity contribution is -0.138. The van der Waals surface area contributed by atoms with Crippen LogP contribution in [0.1, 0.15) is 28.5 Å². The number of carboxylic acid groups (broad SMARTS) is 1. The van der Waals surface area contributed by atoms with Gasteiger partial charge in [0.15, 0.2) is 0 Å². The number of halogens is 2. The second kappa shape index (κ2) is 5.85. The molecule has 0 amide bonds. The number of carbonyl (C=O) groups is 1. The van der Waals surface area contributed by atoms with Crippen LogP contribution >= 0.6 is 23.2 Å². The Kier molecular flexibility index (Phi) is 4.35. The summed E-state index contributed by atoms with van der Waals surface area (Å²) in [7, 11) is 0. The van der Waals surface area contributed by atoms with Gasteiger partial charge in [-0.25, -0.2) is 0 Å². The molecule has 0 saturated carbocycles. The van der Waals surface area contributed by atoms with Crippen LogP contribution in [0.3, 0.4) is 0 Å². The second-order valence-electron chi connectivity index (χ2n) is 4.56. The van der Waals surface area contributed by atoms with E-state index in [0.29, 0.717) is 27.1 Å². The number of benzene rings is 1. The van der Waals surface area contributed by atoms with Crippen molar-refractivity contribution in [1.29, 1.82) is 0 Å². The van der Waals surface area contributed by atoms with Gasteiger partial charge in [-0.05, 0) is 38.0 Å². The van der Waals surface area contributed by atoms with Crippen LogP contribution in [0.2, 0.25) is 10.0 Å². The molecule has 1 aromatic heterocycles. The molecule has 1 atom stereocenters. The molecule has 6 heteroatoms. The van der Waals surface area contributed by atoms with Gasteiger partial charge in [0.25, 0.3) is 0 Å². The summed E-state index contributed by atoms with van der Waals surface area (Å²) in [6, 6.07) is 4.81. The van der Waals surface area contributed by atoms with Crippen molar-refractivity contribution in [3.63, 3.8) is 0 Å². The van der Waals surface area contributed by atoms with E-state index in [4.69, 9.17) is 27.7 Å². The van der Waals surface area contributed by atoms with Crippen molar-refractivity contribution in [2.45, 2.75) is 26.2 Å². The zero-order valence-electron chi connectivity index (χ0n) is 11.0. The predicted octanol–water partition coefficient (Wildman–Crippen LogP) is 4.01. The fourth-order valence-electron chi connectivity index (χ4n) is 2.11. The van der Waals surface area contributed by atoms with Gasteiger partial charge in [0.05, 0.1) is 11.6 Å². The van der Waals surface area contributed by atoms with Crippen LogP contribution in [0.25, 0.3) is 0 Å². The minimum atomic E-state index is -0.950. The van der Waals surface area contributed by atoms with E-state index in [1.807, 2.05) is 0 Å². The van der Waals surface area contributed by atoms with Crippen LogP contribution in [0.5, 0.6) is 0 Å². The number of aliphatic carboxylic acids is 1. The molecule has 0 radical (unpaired) electrons. The van der Waals surface area contributed by atoms with E-state index < -0.39 is 11.9 Å². The van der Waals surface area contributed by atoms with Crippen molar-refractivity contribution in [2.24, 2.45) is 0 Å². The Hall–Kier alpha value is -1.52. The highest BCUT2D eigenvalue weighted by molar-refractivity contribution is 6.35. The van der Waals surface area contributed by atoms with Gasteiger partial charge in [-0.3, -0.25) is 4.79 Å². The summed E-state index contributed by atoms with van der Waals surface area (Å²) in [6.45, 7) is 3.55. The molecule has 2 rings (SSSR count). The Morgan fingerprint density at radius 1 is 1.40 bits per heavy atom. The van der Waals surface area contributed by atoms with Crippen molar-refractivity contribution in [2.75, 3.05) is 0 Å². The Labute approximate surface area is 126 Å². The zero-order chi connectivity index (χ0) is 14.9. The topological polar surface area (TPSA) is 63.3 Å². The third-order valence-corrected chi connectivity index (χ3v) is 3.79. The molecule has 1 N–H and O–H groups in total. The minimum Gasteiger partial charge on any atom is -0.481 e. The van der Waals surface area contributed by atoms with E-state index in [1.165, 1.54) is 0 Å². The molecule has 20 heavy (non-hydrogen) atoms. The number of aryl methyl sites for hydroxylation is 2. The molecule has 0 spiro atoms. The third kappa shape index (κ3) is 2.97. The summed E-state index contributed by atoms with van der Waals surface area (Å²) in [5, 5.41) is 14.1. The summed E-state index contributed by atoms with van der Waals surface area (Å²) < 4.78 is 5.06. The Bertz CT molecular complexity index is 632. The molecule has 4 nitrogen and oxygen atoms in total. The van der Waals surface area contributed by atoms with E-state index >= 15 is 0 Å². The van der Waals surface area contributed by atoms with Crippen LogP contribution < -0.4 is 0 Å². The predicted molar refractivity (Wildman–Crippen MR) is 76.5 cm³/mol. The lowest BCUT2D eigenvalue weighted by atomic mass is 9.91. The zero-order valence-corrected chi connectivity index (χ0v) is 12.5. The van der Waals surface area contributed by atoms with Crippen LogP contribution in [-0.2, 0) is 11.2 Å². The second-order valence-corrected chi connectivity index (χ2v) is 5.41. The molecule has 0 bridgehead atoms. The summed E-state index contributed by atoms with van der Waals surface area (Å²) >= 11 is 11.9. The summed E-state index contributed by atoms with van der Waals surface area (Å²) in [4.78, 5) is 11.5. The maximum absolute atomic E-state index is 11.5. The van der Waals surface area contributed by atoms with Gasteiger partial charge in [0.2, 0.25) is 0 Å². The summed E-state index contributed by atoms with van der Waals surface area (Å²) in [5.41, 5.74) is 2.02. The van der Waals surface area contributed by atoms with E-state index in [9.17, 15) is 9.90 Å². The molecule has 1 heterocycles. The fraction of sp³-hybridized carbons (Fsp3) is 0.286. The maximum atomic E-state index is 11.5. The van der Waals surface area contributed by atoms with Gasteiger partial charge in [-0.2, -0.15) is 0 Å². The molecular weight excluding hydrogens is 301 g/mol.